The number of hydrogen-bond donors (Lipinski definition) is 3. The van der Waals surface area contributed by atoms with E-state index in [-0.39, 0.29) is 12.1 Å². The fraction of sp³-hybridized carbons (Fsp3) is 0.458. The molecule has 33 heavy (non-hydrogen) atoms. The molecule has 3 aromatic heterocycles. The van der Waals surface area contributed by atoms with Crippen molar-refractivity contribution in [3.05, 3.63) is 46.5 Å². The quantitative estimate of drug-likeness (QED) is 0.436. The predicted octanol–water partition coefficient (Wildman–Crippen LogP) is 5.13. The molecule has 3 aromatic rings. The molecule has 0 saturated carbocycles. The monoisotopic (exact) mass is 514 g/mol. The summed E-state index contributed by atoms with van der Waals surface area (Å²) in [5, 5.41) is 7.59. The third-order valence-electron chi connectivity index (χ3n) is 5.65. The van der Waals surface area contributed by atoms with Crippen molar-refractivity contribution in [2.45, 2.75) is 58.7 Å². The summed E-state index contributed by atoms with van der Waals surface area (Å²) in [5.41, 5.74) is 4.50. The van der Waals surface area contributed by atoms with E-state index in [0.29, 0.717) is 13.1 Å². The predicted molar refractivity (Wildman–Crippen MR) is 135 cm³/mol. The molecule has 0 aromatic carbocycles. The average Bonchev–Trinajstić information content (AvgIpc) is 3.15. The van der Waals surface area contributed by atoms with Crippen LogP contribution < -0.4 is 15.5 Å². The van der Waals surface area contributed by atoms with Crippen LogP contribution in [0.1, 0.15) is 44.9 Å². The highest BCUT2D eigenvalue weighted by Gasteiger charge is 2.27. The number of halogens is 1. The number of rotatable bonds is 5. The third-order valence-corrected chi connectivity index (χ3v) is 6.23. The van der Waals surface area contributed by atoms with Gasteiger partial charge in [0.1, 0.15) is 11.2 Å². The highest BCUT2D eigenvalue weighted by atomic mass is 79.9. The zero-order chi connectivity index (χ0) is 23.6. The number of amides is 1. The Morgan fingerprint density at radius 3 is 2.94 bits per heavy atom. The van der Waals surface area contributed by atoms with Gasteiger partial charge in [-0.05, 0) is 68.1 Å². The fourth-order valence-electron chi connectivity index (χ4n) is 4.16. The smallest absolute Gasteiger partial charge is 0.407 e. The van der Waals surface area contributed by atoms with Gasteiger partial charge in [0.25, 0.3) is 0 Å². The maximum absolute atomic E-state index is 12.3. The average molecular weight is 515 g/mol. The van der Waals surface area contributed by atoms with Gasteiger partial charge in [0.2, 0.25) is 0 Å². The maximum atomic E-state index is 12.3. The Bertz CT molecular complexity index is 1140. The molecule has 1 fully saturated rings. The molecule has 0 spiro atoms. The van der Waals surface area contributed by atoms with Gasteiger partial charge < -0.3 is 25.3 Å². The first-order chi connectivity index (χ1) is 15.7. The molecule has 1 saturated heterocycles. The first kappa shape index (κ1) is 23.4. The largest absolute Gasteiger partial charge is 0.444 e. The van der Waals surface area contributed by atoms with Gasteiger partial charge in [0.15, 0.2) is 0 Å². The van der Waals surface area contributed by atoms with Crippen molar-refractivity contribution in [1.29, 1.82) is 0 Å². The molecular weight excluding hydrogens is 484 g/mol. The summed E-state index contributed by atoms with van der Waals surface area (Å²) in [6, 6.07) is 4.02. The molecule has 0 radical (unpaired) electrons. The van der Waals surface area contributed by atoms with Crippen LogP contribution in [-0.4, -0.2) is 45.8 Å². The summed E-state index contributed by atoms with van der Waals surface area (Å²) >= 11 is 3.72. The number of carbonyl (C=O) groups excluding carboxylic acids is 1. The van der Waals surface area contributed by atoms with Crippen molar-refractivity contribution < 1.29 is 9.53 Å². The Kier molecular flexibility index (Phi) is 6.78. The van der Waals surface area contributed by atoms with E-state index in [9.17, 15) is 4.79 Å². The number of aromatic nitrogens is 3. The molecule has 1 aliphatic heterocycles. The lowest BCUT2D eigenvalue weighted by molar-refractivity contribution is 0.0500. The summed E-state index contributed by atoms with van der Waals surface area (Å²) in [6.07, 6.45) is 7.10. The minimum Gasteiger partial charge on any atom is -0.444 e. The molecule has 8 nitrogen and oxygen atoms in total. The number of piperidine rings is 1. The number of carbonyl (C=O) groups is 1. The summed E-state index contributed by atoms with van der Waals surface area (Å²) in [7, 11) is 0. The number of pyridine rings is 2. The van der Waals surface area contributed by atoms with Crippen LogP contribution in [0, 0.1) is 6.92 Å². The zero-order valence-electron chi connectivity index (χ0n) is 19.5. The highest BCUT2D eigenvalue weighted by Crippen LogP contribution is 2.39. The van der Waals surface area contributed by atoms with Gasteiger partial charge in [-0.2, -0.15) is 0 Å². The summed E-state index contributed by atoms with van der Waals surface area (Å²) < 4.78 is 6.38. The van der Waals surface area contributed by atoms with E-state index >= 15 is 0 Å². The second-order valence-corrected chi connectivity index (χ2v) is 10.3. The SMILES string of the molecule is Cc1cccnc1CNc1c[nH]c2ncc(Br)c(N3CCC[C@@H](NC(=O)OC(C)(C)C)C3)c12. The van der Waals surface area contributed by atoms with Crippen LogP contribution in [0.2, 0.25) is 0 Å². The third kappa shape index (κ3) is 5.58. The van der Waals surface area contributed by atoms with E-state index in [4.69, 9.17) is 4.74 Å². The number of aromatic amines is 1. The molecule has 3 N–H and O–H groups in total. The van der Waals surface area contributed by atoms with E-state index in [1.807, 2.05) is 45.4 Å². The molecule has 0 bridgehead atoms. The van der Waals surface area contributed by atoms with Crippen LogP contribution in [0.25, 0.3) is 11.0 Å². The molecule has 1 atom stereocenters. The van der Waals surface area contributed by atoms with Crippen LogP contribution in [0.15, 0.2) is 35.2 Å². The Balaban J connectivity index is 1.56. The van der Waals surface area contributed by atoms with Crippen LogP contribution in [0.4, 0.5) is 16.2 Å². The van der Waals surface area contributed by atoms with Crippen molar-refractivity contribution in [3.8, 4) is 0 Å². The van der Waals surface area contributed by atoms with E-state index in [0.717, 1.165) is 57.5 Å². The lowest BCUT2D eigenvalue weighted by atomic mass is 10.0. The Hall–Kier alpha value is -2.81. The van der Waals surface area contributed by atoms with E-state index in [1.165, 1.54) is 0 Å². The minimum absolute atomic E-state index is 0.00948. The molecule has 0 aliphatic carbocycles. The van der Waals surface area contributed by atoms with Crippen molar-refractivity contribution in [3.63, 3.8) is 0 Å². The van der Waals surface area contributed by atoms with Crippen molar-refractivity contribution in [2.24, 2.45) is 0 Å². The Labute approximate surface area is 202 Å². The van der Waals surface area contributed by atoms with Crippen LogP contribution in [0.5, 0.6) is 0 Å². The lowest BCUT2D eigenvalue weighted by Crippen LogP contribution is -2.49. The van der Waals surface area contributed by atoms with Gasteiger partial charge in [-0.25, -0.2) is 9.78 Å². The second-order valence-electron chi connectivity index (χ2n) is 9.43. The number of fused-ring (bicyclic) bond motifs is 1. The molecule has 176 valence electrons. The van der Waals surface area contributed by atoms with Crippen LogP contribution >= 0.6 is 15.9 Å². The van der Waals surface area contributed by atoms with Crippen LogP contribution in [-0.2, 0) is 11.3 Å². The van der Waals surface area contributed by atoms with E-state index < -0.39 is 5.60 Å². The molecule has 1 amide bonds. The van der Waals surface area contributed by atoms with Gasteiger partial charge in [0.05, 0.1) is 33.5 Å². The van der Waals surface area contributed by atoms with Crippen LogP contribution in [0.3, 0.4) is 0 Å². The first-order valence-corrected chi connectivity index (χ1v) is 12.0. The van der Waals surface area contributed by atoms with Gasteiger partial charge in [0, 0.05) is 37.7 Å². The number of hydrogen-bond acceptors (Lipinski definition) is 6. The number of nitrogens with one attached hydrogen (secondary N) is 3. The number of nitrogens with zero attached hydrogens (tertiary/aromatic N) is 3. The highest BCUT2D eigenvalue weighted by molar-refractivity contribution is 9.10. The second kappa shape index (κ2) is 9.59. The van der Waals surface area contributed by atoms with Gasteiger partial charge in [-0.3, -0.25) is 4.98 Å². The standard InChI is InChI=1S/C24H31BrN6O2/c1-15-7-5-9-26-18(15)12-27-19-13-29-22-20(19)21(17(25)11-28-22)31-10-6-8-16(14-31)30-23(32)33-24(2,3)4/h5,7,9,11,13,16,27H,6,8,10,12,14H2,1-4H3,(H,28,29)(H,30,32)/t16-/m1/s1. The number of ether oxygens (including phenoxy) is 1. The summed E-state index contributed by atoms with van der Waals surface area (Å²) in [6.45, 7) is 9.89. The van der Waals surface area contributed by atoms with Crippen molar-refractivity contribution in [2.75, 3.05) is 23.3 Å². The van der Waals surface area contributed by atoms with Gasteiger partial charge >= 0.3 is 6.09 Å². The molecule has 0 unspecified atom stereocenters. The van der Waals surface area contributed by atoms with Crippen molar-refractivity contribution >= 4 is 44.4 Å². The molecule has 1 aliphatic rings. The summed E-state index contributed by atoms with van der Waals surface area (Å²) in [5.74, 6) is 0. The van der Waals surface area contributed by atoms with Gasteiger partial charge in [-0.15, -0.1) is 0 Å². The topological polar surface area (TPSA) is 95.2 Å². The fourth-order valence-corrected chi connectivity index (χ4v) is 4.71. The lowest BCUT2D eigenvalue weighted by Gasteiger charge is -2.36. The molecular formula is C24H31BrN6O2. The number of aryl methyl sites for hydroxylation is 1. The number of anilines is 2. The zero-order valence-corrected chi connectivity index (χ0v) is 21.1. The first-order valence-electron chi connectivity index (χ1n) is 11.3. The van der Waals surface area contributed by atoms with E-state index in [1.54, 1.807) is 0 Å². The number of H-pyrrole nitrogens is 1. The molecule has 9 heteroatoms. The molecule has 4 heterocycles. The van der Waals surface area contributed by atoms with E-state index in [2.05, 4.69) is 59.4 Å². The number of alkyl carbamates (subject to hydrolysis) is 1. The van der Waals surface area contributed by atoms with Crippen molar-refractivity contribution in [1.82, 2.24) is 20.3 Å². The van der Waals surface area contributed by atoms with Gasteiger partial charge in [-0.1, -0.05) is 6.07 Å². The minimum atomic E-state index is -0.517. The summed E-state index contributed by atoms with van der Waals surface area (Å²) in [4.78, 5) is 27.0. The Morgan fingerprint density at radius 1 is 1.36 bits per heavy atom. The maximum Gasteiger partial charge on any atom is 0.407 e. The molecule has 4 rings (SSSR count). The Morgan fingerprint density at radius 2 is 2.18 bits per heavy atom. The normalized spacial score (nSPS) is 16.6.